The van der Waals surface area contributed by atoms with Crippen molar-refractivity contribution < 1.29 is 13.6 Å². The molecule has 0 saturated heterocycles. The van der Waals surface area contributed by atoms with E-state index in [9.17, 15) is 13.6 Å². The first-order valence-corrected chi connectivity index (χ1v) is 8.04. The van der Waals surface area contributed by atoms with Gasteiger partial charge in [0.2, 0.25) is 0 Å². The molecule has 3 aromatic rings. The lowest BCUT2D eigenvalue weighted by atomic mass is 10.0. The van der Waals surface area contributed by atoms with Crippen molar-refractivity contribution in [2.75, 3.05) is 10.6 Å². The summed E-state index contributed by atoms with van der Waals surface area (Å²) < 4.78 is 28.2. The Bertz CT molecular complexity index is 968. The van der Waals surface area contributed by atoms with Crippen LogP contribution in [-0.2, 0) is 7.05 Å². The highest BCUT2D eigenvalue weighted by Gasteiger charge is 2.14. The zero-order valence-electron chi connectivity index (χ0n) is 14.0. The van der Waals surface area contributed by atoms with E-state index in [2.05, 4.69) is 15.7 Å². The molecule has 2 aromatic carbocycles. The molecule has 0 saturated carbocycles. The highest BCUT2D eigenvalue weighted by atomic mass is 35.5. The minimum absolute atomic E-state index is 0.120. The largest absolute Gasteiger partial charge is 0.323 e. The lowest BCUT2D eigenvalue weighted by molar-refractivity contribution is 0.262. The zero-order valence-corrected chi connectivity index (χ0v) is 14.7. The van der Waals surface area contributed by atoms with Crippen LogP contribution in [0.4, 0.5) is 25.0 Å². The maximum atomic E-state index is 13.6. The Balaban J connectivity index is 1.82. The SMILES string of the molecule is Cc1ccc(NC(=O)Nc2ccc(F)cc2F)cc1-c1c(Cl)cnn1C. The number of nitrogens with one attached hydrogen (secondary N) is 2. The molecule has 2 N–H and O–H groups in total. The Morgan fingerprint density at radius 3 is 2.58 bits per heavy atom. The first-order valence-electron chi connectivity index (χ1n) is 7.66. The minimum Gasteiger partial charge on any atom is -0.308 e. The van der Waals surface area contributed by atoms with Gasteiger partial charge in [0.15, 0.2) is 0 Å². The van der Waals surface area contributed by atoms with Gasteiger partial charge in [-0.3, -0.25) is 4.68 Å². The van der Waals surface area contributed by atoms with Gasteiger partial charge in [-0.05, 0) is 36.8 Å². The fourth-order valence-electron chi connectivity index (χ4n) is 2.54. The predicted molar refractivity (Wildman–Crippen MR) is 97.4 cm³/mol. The average Bonchev–Trinajstić information content (AvgIpc) is 2.91. The van der Waals surface area contributed by atoms with Crippen LogP contribution in [0, 0.1) is 18.6 Å². The third-order valence-corrected chi connectivity index (χ3v) is 4.10. The molecule has 0 atom stereocenters. The average molecular weight is 377 g/mol. The van der Waals surface area contributed by atoms with E-state index in [1.165, 1.54) is 0 Å². The van der Waals surface area contributed by atoms with Crippen LogP contribution in [0.25, 0.3) is 11.3 Å². The van der Waals surface area contributed by atoms with E-state index >= 15 is 0 Å². The zero-order chi connectivity index (χ0) is 18.8. The maximum absolute atomic E-state index is 13.6. The molecule has 8 heteroatoms. The van der Waals surface area contributed by atoms with Gasteiger partial charge < -0.3 is 10.6 Å². The Labute approximate surface area is 153 Å². The summed E-state index contributed by atoms with van der Waals surface area (Å²) in [6, 6.07) is 7.55. The van der Waals surface area contributed by atoms with E-state index in [0.29, 0.717) is 16.8 Å². The number of rotatable bonds is 3. The quantitative estimate of drug-likeness (QED) is 0.678. The molecule has 0 aliphatic heterocycles. The molecule has 0 spiro atoms. The number of aryl methyl sites for hydroxylation is 2. The van der Waals surface area contributed by atoms with Crippen molar-refractivity contribution in [1.82, 2.24) is 9.78 Å². The molecular formula is C18H15ClF2N4O. The molecule has 3 rings (SSSR count). The van der Waals surface area contributed by atoms with Gasteiger partial charge in [-0.2, -0.15) is 5.10 Å². The van der Waals surface area contributed by atoms with Crippen LogP contribution in [0.15, 0.2) is 42.6 Å². The van der Waals surface area contributed by atoms with Gasteiger partial charge in [0.1, 0.15) is 11.6 Å². The number of carbonyl (C=O) groups is 1. The van der Waals surface area contributed by atoms with Gasteiger partial charge in [-0.15, -0.1) is 0 Å². The molecule has 1 heterocycles. The number of nitrogens with zero attached hydrogens (tertiary/aromatic N) is 2. The first-order chi connectivity index (χ1) is 12.3. The Hall–Kier alpha value is -2.93. The van der Waals surface area contributed by atoms with Gasteiger partial charge in [0.05, 0.1) is 22.6 Å². The molecule has 2 amide bonds. The topological polar surface area (TPSA) is 59.0 Å². The number of aromatic nitrogens is 2. The van der Waals surface area contributed by atoms with Gasteiger partial charge in [-0.1, -0.05) is 17.7 Å². The number of hydrogen-bond acceptors (Lipinski definition) is 2. The molecule has 0 unspecified atom stereocenters. The highest BCUT2D eigenvalue weighted by Crippen LogP contribution is 2.31. The third kappa shape index (κ3) is 3.67. The number of urea groups is 1. The summed E-state index contributed by atoms with van der Waals surface area (Å²) in [5.74, 6) is -1.57. The number of carbonyl (C=O) groups excluding carboxylic acids is 1. The molecule has 0 radical (unpaired) electrons. The maximum Gasteiger partial charge on any atom is 0.323 e. The van der Waals surface area contributed by atoms with E-state index in [1.807, 2.05) is 13.0 Å². The van der Waals surface area contributed by atoms with Crippen LogP contribution in [-0.4, -0.2) is 15.8 Å². The standard InChI is InChI=1S/C18H15ClF2N4O/c1-10-3-5-12(8-13(10)17-14(19)9-22-25(17)2)23-18(26)24-16-6-4-11(20)7-15(16)21/h3-9H,1-2H3,(H2,23,24,26). The van der Waals surface area contributed by atoms with Crippen molar-refractivity contribution in [2.24, 2.45) is 7.05 Å². The van der Waals surface area contributed by atoms with Gasteiger partial charge in [0.25, 0.3) is 0 Å². The summed E-state index contributed by atoms with van der Waals surface area (Å²) in [5, 5.41) is 9.56. The van der Waals surface area contributed by atoms with Crippen molar-refractivity contribution in [1.29, 1.82) is 0 Å². The van der Waals surface area contributed by atoms with Gasteiger partial charge >= 0.3 is 6.03 Å². The monoisotopic (exact) mass is 376 g/mol. The molecule has 1 aromatic heterocycles. The first kappa shape index (κ1) is 17.9. The molecule has 26 heavy (non-hydrogen) atoms. The summed E-state index contributed by atoms with van der Waals surface area (Å²) in [6.07, 6.45) is 1.54. The number of benzene rings is 2. The van der Waals surface area contributed by atoms with Crippen LogP contribution >= 0.6 is 11.6 Å². The van der Waals surface area contributed by atoms with Crippen LogP contribution in [0.5, 0.6) is 0 Å². The van der Waals surface area contributed by atoms with Crippen molar-refractivity contribution in [2.45, 2.75) is 6.92 Å². The number of hydrogen-bond donors (Lipinski definition) is 2. The Morgan fingerprint density at radius 1 is 1.15 bits per heavy atom. The normalized spacial score (nSPS) is 10.7. The second-order valence-corrected chi connectivity index (χ2v) is 6.10. The molecule has 0 fully saturated rings. The Morgan fingerprint density at radius 2 is 1.92 bits per heavy atom. The molecule has 0 bridgehead atoms. The van der Waals surface area contributed by atoms with Crippen molar-refractivity contribution in [3.63, 3.8) is 0 Å². The molecule has 134 valence electrons. The summed E-state index contributed by atoms with van der Waals surface area (Å²) in [5.41, 5.74) is 2.85. The number of anilines is 2. The fraction of sp³-hybridized carbons (Fsp3) is 0.111. The van der Waals surface area contributed by atoms with Crippen LogP contribution in [0.2, 0.25) is 5.02 Å². The molecular weight excluding hydrogens is 362 g/mol. The highest BCUT2D eigenvalue weighted by molar-refractivity contribution is 6.33. The van der Waals surface area contributed by atoms with Crippen molar-refractivity contribution in [3.05, 3.63) is 64.8 Å². The van der Waals surface area contributed by atoms with Crippen LogP contribution < -0.4 is 10.6 Å². The summed E-state index contributed by atoms with van der Waals surface area (Å²) in [6.45, 7) is 1.91. The van der Waals surface area contributed by atoms with Gasteiger partial charge in [-0.25, -0.2) is 13.6 Å². The second-order valence-electron chi connectivity index (χ2n) is 5.70. The second kappa shape index (κ2) is 7.13. The van der Waals surface area contributed by atoms with Gasteiger partial charge in [0, 0.05) is 24.4 Å². The predicted octanol–water partition coefficient (Wildman–Crippen LogP) is 4.97. The minimum atomic E-state index is -0.855. The number of halogens is 3. The third-order valence-electron chi connectivity index (χ3n) is 3.82. The van der Waals surface area contributed by atoms with E-state index in [1.54, 1.807) is 30.1 Å². The van der Waals surface area contributed by atoms with Crippen LogP contribution in [0.1, 0.15) is 5.56 Å². The summed E-state index contributed by atoms with van der Waals surface area (Å²) in [7, 11) is 1.77. The van der Waals surface area contributed by atoms with Crippen LogP contribution in [0.3, 0.4) is 0 Å². The smallest absolute Gasteiger partial charge is 0.308 e. The lowest BCUT2D eigenvalue weighted by Crippen LogP contribution is -2.20. The number of amides is 2. The van der Waals surface area contributed by atoms with E-state index in [-0.39, 0.29) is 5.69 Å². The van der Waals surface area contributed by atoms with E-state index in [4.69, 9.17) is 11.6 Å². The molecule has 0 aliphatic rings. The summed E-state index contributed by atoms with van der Waals surface area (Å²) >= 11 is 6.19. The molecule has 0 aliphatic carbocycles. The van der Waals surface area contributed by atoms with E-state index in [0.717, 1.165) is 29.0 Å². The molecule has 5 nitrogen and oxygen atoms in total. The van der Waals surface area contributed by atoms with Crippen molar-refractivity contribution in [3.8, 4) is 11.3 Å². The summed E-state index contributed by atoms with van der Waals surface area (Å²) in [4.78, 5) is 12.1. The fourth-order valence-corrected chi connectivity index (χ4v) is 2.81. The van der Waals surface area contributed by atoms with E-state index < -0.39 is 17.7 Å². The lowest BCUT2D eigenvalue weighted by Gasteiger charge is -2.12. The van der Waals surface area contributed by atoms with Crippen molar-refractivity contribution >= 4 is 29.0 Å². The Kier molecular flexibility index (Phi) is 4.90.